The number of rotatable bonds is 9. The molecular weight excluding hydrogens is 310 g/mol. The first-order valence-corrected chi connectivity index (χ1v) is 11.6. The molecule has 1 N–H and O–H groups in total. The van der Waals surface area contributed by atoms with E-state index >= 15 is 0 Å². The van der Waals surface area contributed by atoms with Crippen LogP contribution in [0.3, 0.4) is 0 Å². The Kier molecular flexibility index (Phi) is 7.13. The predicted molar refractivity (Wildman–Crippen MR) is 86.9 cm³/mol. The zero-order chi connectivity index (χ0) is 16.1. The van der Waals surface area contributed by atoms with Crippen molar-refractivity contribution in [3.8, 4) is 0 Å². The molecule has 126 valence electrons. The molecule has 0 amide bonds. The van der Waals surface area contributed by atoms with Crippen LogP contribution in [0.2, 0.25) is 0 Å². The lowest BCUT2D eigenvalue weighted by molar-refractivity contribution is 0.317. The highest BCUT2D eigenvalue weighted by Crippen LogP contribution is 2.29. The van der Waals surface area contributed by atoms with E-state index in [1.54, 1.807) is 0 Å². The molecule has 5 nitrogen and oxygen atoms in total. The molecule has 1 rings (SSSR count). The van der Waals surface area contributed by atoms with E-state index in [0.717, 1.165) is 25.9 Å². The van der Waals surface area contributed by atoms with Crippen molar-refractivity contribution in [2.75, 3.05) is 36.6 Å². The van der Waals surface area contributed by atoms with Crippen molar-refractivity contribution in [2.24, 2.45) is 17.8 Å². The van der Waals surface area contributed by atoms with Crippen LogP contribution in [0.1, 0.15) is 33.1 Å². The lowest BCUT2D eigenvalue weighted by Gasteiger charge is -2.23. The maximum absolute atomic E-state index is 11.6. The third kappa shape index (κ3) is 8.16. The Balaban J connectivity index is 2.53. The van der Waals surface area contributed by atoms with Crippen LogP contribution >= 0.6 is 0 Å². The van der Waals surface area contributed by atoms with Crippen LogP contribution in [0.25, 0.3) is 0 Å². The summed E-state index contributed by atoms with van der Waals surface area (Å²) >= 11 is 0. The van der Waals surface area contributed by atoms with E-state index in [-0.39, 0.29) is 29.1 Å². The van der Waals surface area contributed by atoms with Crippen molar-refractivity contribution in [2.45, 2.75) is 33.1 Å². The van der Waals surface area contributed by atoms with Gasteiger partial charge in [-0.15, -0.1) is 0 Å². The average Bonchev–Trinajstić information content (AvgIpc) is 2.65. The molecule has 2 atom stereocenters. The second-order valence-electron chi connectivity index (χ2n) is 6.75. The molecule has 1 fully saturated rings. The van der Waals surface area contributed by atoms with E-state index in [2.05, 4.69) is 19.2 Å². The summed E-state index contributed by atoms with van der Waals surface area (Å²) in [6.45, 7) is 5.95. The van der Waals surface area contributed by atoms with Crippen LogP contribution in [0.5, 0.6) is 0 Å². The van der Waals surface area contributed by atoms with Crippen molar-refractivity contribution in [3.63, 3.8) is 0 Å². The van der Waals surface area contributed by atoms with Gasteiger partial charge in [0.2, 0.25) is 0 Å². The highest BCUT2D eigenvalue weighted by molar-refractivity contribution is 7.91. The average molecular weight is 340 g/mol. The molecule has 0 aliphatic carbocycles. The number of nitrogens with one attached hydrogen (secondary N) is 1. The number of hydrogen-bond donors (Lipinski definition) is 1. The first-order valence-electron chi connectivity index (χ1n) is 7.68. The van der Waals surface area contributed by atoms with Crippen LogP contribution in [-0.4, -0.2) is 53.4 Å². The van der Waals surface area contributed by atoms with E-state index in [4.69, 9.17) is 0 Å². The van der Waals surface area contributed by atoms with Gasteiger partial charge in [0.05, 0.1) is 11.5 Å². The lowest BCUT2D eigenvalue weighted by atomic mass is 9.88. The summed E-state index contributed by atoms with van der Waals surface area (Å²) in [5.74, 6) is 1.71. The third-order valence-electron chi connectivity index (χ3n) is 3.98. The Morgan fingerprint density at radius 1 is 1.24 bits per heavy atom. The fraction of sp³-hybridized carbons (Fsp3) is 1.00. The predicted octanol–water partition coefficient (Wildman–Crippen LogP) is 1.11. The van der Waals surface area contributed by atoms with Crippen molar-refractivity contribution in [1.29, 1.82) is 0 Å². The molecule has 1 heterocycles. The van der Waals surface area contributed by atoms with Crippen molar-refractivity contribution >= 4 is 19.7 Å². The Morgan fingerprint density at radius 2 is 1.90 bits per heavy atom. The minimum atomic E-state index is -2.94. The van der Waals surface area contributed by atoms with E-state index in [0.29, 0.717) is 12.3 Å². The molecule has 2 unspecified atom stereocenters. The molecule has 1 saturated heterocycles. The SMILES string of the molecule is CC(C)CNCC(CCCS(C)(=O)=O)C1CCS(=O)(=O)C1. The van der Waals surface area contributed by atoms with E-state index < -0.39 is 19.7 Å². The topological polar surface area (TPSA) is 80.3 Å². The van der Waals surface area contributed by atoms with Gasteiger partial charge in [0, 0.05) is 12.0 Å². The minimum Gasteiger partial charge on any atom is -0.316 e. The smallest absolute Gasteiger partial charge is 0.150 e. The monoisotopic (exact) mass is 339 g/mol. The van der Waals surface area contributed by atoms with Crippen molar-refractivity contribution in [3.05, 3.63) is 0 Å². The molecule has 21 heavy (non-hydrogen) atoms. The van der Waals surface area contributed by atoms with Crippen LogP contribution < -0.4 is 5.32 Å². The molecule has 0 saturated carbocycles. The molecule has 0 aromatic rings. The van der Waals surface area contributed by atoms with Gasteiger partial charge in [-0.3, -0.25) is 0 Å². The van der Waals surface area contributed by atoms with Gasteiger partial charge in [-0.25, -0.2) is 16.8 Å². The maximum Gasteiger partial charge on any atom is 0.150 e. The Bertz CT molecular complexity index is 511. The Morgan fingerprint density at radius 3 is 2.38 bits per heavy atom. The van der Waals surface area contributed by atoms with Gasteiger partial charge in [0.25, 0.3) is 0 Å². The summed E-state index contributed by atoms with van der Waals surface area (Å²) in [6, 6.07) is 0. The van der Waals surface area contributed by atoms with Gasteiger partial charge >= 0.3 is 0 Å². The van der Waals surface area contributed by atoms with Gasteiger partial charge in [-0.05, 0) is 50.1 Å². The zero-order valence-corrected chi connectivity index (χ0v) is 15.0. The molecule has 0 bridgehead atoms. The molecule has 1 aliphatic heterocycles. The molecule has 0 spiro atoms. The highest BCUT2D eigenvalue weighted by atomic mass is 32.2. The van der Waals surface area contributed by atoms with Crippen molar-refractivity contribution < 1.29 is 16.8 Å². The standard InChI is InChI=1S/C14H29NO4S2/c1-12(2)9-15-10-13(5-4-7-20(3,16)17)14-6-8-21(18,19)11-14/h12-15H,4-11H2,1-3H3. The third-order valence-corrected chi connectivity index (χ3v) is 6.81. The molecule has 0 radical (unpaired) electrons. The number of sulfone groups is 2. The number of hydrogen-bond acceptors (Lipinski definition) is 5. The van der Waals surface area contributed by atoms with Crippen LogP contribution in [-0.2, 0) is 19.7 Å². The molecule has 7 heteroatoms. The summed E-state index contributed by atoms with van der Waals surface area (Å²) in [4.78, 5) is 0. The molecule has 0 aromatic heterocycles. The zero-order valence-electron chi connectivity index (χ0n) is 13.3. The summed E-state index contributed by atoms with van der Waals surface area (Å²) in [6.07, 6.45) is 3.36. The quantitative estimate of drug-likeness (QED) is 0.680. The first-order chi connectivity index (χ1) is 9.59. The normalized spacial score (nSPS) is 23.5. The van der Waals surface area contributed by atoms with Gasteiger partial charge in [0.15, 0.2) is 9.84 Å². The van der Waals surface area contributed by atoms with E-state index in [9.17, 15) is 16.8 Å². The van der Waals surface area contributed by atoms with Crippen molar-refractivity contribution in [1.82, 2.24) is 5.32 Å². The van der Waals surface area contributed by atoms with Gasteiger partial charge < -0.3 is 5.32 Å². The Labute approximate surface area is 129 Å². The van der Waals surface area contributed by atoms with Gasteiger partial charge in [0.1, 0.15) is 9.84 Å². The molecular formula is C14H29NO4S2. The Hall–Kier alpha value is -0.140. The van der Waals surface area contributed by atoms with E-state index in [1.165, 1.54) is 6.26 Å². The fourth-order valence-electron chi connectivity index (χ4n) is 2.87. The molecule has 1 aliphatic rings. The fourth-order valence-corrected chi connectivity index (χ4v) is 5.48. The summed E-state index contributed by atoms with van der Waals surface area (Å²) < 4.78 is 45.7. The summed E-state index contributed by atoms with van der Waals surface area (Å²) in [5.41, 5.74) is 0. The molecule has 0 aromatic carbocycles. The summed E-state index contributed by atoms with van der Waals surface area (Å²) in [7, 11) is -5.82. The summed E-state index contributed by atoms with van der Waals surface area (Å²) in [5, 5.41) is 3.39. The van der Waals surface area contributed by atoms with Crippen LogP contribution in [0.4, 0.5) is 0 Å². The largest absolute Gasteiger partial charge is 0.316 e. The maximum atomic E-state index is 11.6. The van der Waals surface area contributed by atoms with E-state index in [1.807, 2.05) is 0 Å². The van der Waals surface area contributed by atoms with Gasteiger partial charge in [-0.2, -0.15) is 0 Å². The van der Waals surface area contributed by atoms with Crippen LogP contribution in [0.15, 0.2) is 0 Å². The first kappa shape index (κ1) is 18.9. The van der Waals surface area contributed by atoms with Gasteiger partial charge in [-0.1, -0.05) is 13.8 Å². The second kappa shape index (κ2) is 7.92. The second-order valence-corrected chi connectivity index (χ2v) is 11.2. The minimum absolute atomic E-state index is 0.175. The highest BCUT2D eigenvalue weighted by Gasteiger charge is 2.33. The van der Waals surface area contributed by atoms with Crippen LogP contribution in [0, 0.1) is 17.8 Å². The lowest BCUT2D eigenvalue weighted by Crippen LogP contribution is -2.31.